The van der Waals surface area contributed by atoms with E-state index in [1.165, 1.54) is 0 Å². The Kier molecular flexibility index (Phi) is 6.91. The molecule has 0 aliphatic heterocycles. The average Bonchev–Trinajstić information content (AvgIpc) is 2.44. The fourth-order valence-electron chi connectivity index (χ4n) is 1.77. The van der Waals surface area contributed by atoms with Gasteiger partial charge in [0.2, 0.25) is 0 Å². The van der Waals surface area contributed by atoms with Crippen LogP contribution in [0.1, 0.15) is 38.6 Å². The fraction of sp³-hybridized carbons (Fsp3) is 0.714. The molecule has 0 amide bonds. The van der Waals surface area contributed by atoms with E-state index in [0.717, 1.165) is 30.9 Å². The van der Waals surface area contributed by atoms with Crippen molar-refractivity contribution in [2.24, 2.45) is 0 Å². The van der Waals surface area contributed by atoms with Crippen molar-refractivity contribution in [2.45, 2.75) is 39.3 Å². The van der Waals surface area contributed by atoms with Crippen LogP contribution >= 0.6 is 0 Å². The van der Waals surface area contributed by atoms with E-state index in [1.807, 2.05) is 26.2 Å². The molecule has 0 saturated heterocycles. The molecule has 0 saturated carbocycles. The van der Waals surface area contributed by atoms with Gasteiger partial charge in [0.05, 0.1) is 6.61 Å². The molecule has 1 N–H and O–H groups in total. The molecule has 1 heterocycles. The summed E-state index contributed by atoms with van der Waals surface area (Å²) in [4.78, 5) is 8.86. The molecule has 0 radical (unpaired) electrons. The maximum Gasteiger partial charge on any atom is 0.159 e. The van der Waals surface area contributed by atoms with Gasteiger partial charge in [0.1, 0.15) is 5.60 Å². The van der Waals surface area contributed by atoms with Crippen LogP contribution in [-0.4, -0.2) is 36.8 Å². The van der Waals surface area contributed by atoms with Crippen LogP contribution in [0.5, 0.6) is 0 Å². The van der Waals surface area contributed by atoms with Crippen LogP contribution in [-0.2, 0) is 21.6 Å². The van der Waals surface area contributed by atoms with E-state index in [2.05, 4.69) is 22.2 Å². The Labute approximate surface area is 115 Å². The van der Waals surface area contributed by atoms with Gasteiger partial charge < -0.3 is 14.8 Å². The van der Waals surface area contributed by atoms with Gasteiger partial charge in [0.25, 0.3) is 0 Å². The van der Waals surface area contributed by atoms with Crippen molar-refractivity contribution < 1.29 is 9.47 Å². The number of nitrogens with zero attached hydrogens (tertiary/aromatic N) is 2. The molecule has 108 valence electrons. The predicted octanol–water partition coefficient (Wildman–Crippen LogP) is 1.87. The smallest absolute Gasteiger partial charge is 0.159 e. The van der Waals surface area contributed by atoms with Crippen LogP contribution in [0.4, 0.5) is 0 Å². The number of hydrogen-bond donors (Lipinski definition) is 1. The summed E-state index contributed by atoms with van der Waals surface area (Å²) in [5.41, 5.74) is 0.673. The Bertz CT molecular complexity index is 356. The largest absolute Gasteiger partial charge is 0.383 e. The third-order valence-electron chi connectivity index (χ3n) is 3.13. The zero-order valence-electron chi connectivity index (χ0n) is 12.4. The van der Waals surface area contributed by atoms with Gasteiger partial charge in [-0.1, -0.05) is 6.92 Å². The van der Waals surface area contributed by atoms with E-state index in [-0.39, 0.29) is 0 Å². The van der Waals surface area contributed by atoms with Gasteiger partial charge in [-0.3, -0.25) is 0 Å². The van der Waals surface area contributed by atoms with Crippen LogP contribution in [0.25, 0.3) is 0 Å². The topological polar surface area (TPSA) is 56.3 Å². The lowest BCUT2D eigenvalue weighted by molar-refractivity contribution is -0.0390. The van der Waals surface area contributed by atoms with E-state index in [0.29, 0.717) is 13.2 Å². The molecule has 1 aromatic heterocycles. The Hall–Kier alpha value is -1.04. The quantitative estimate of drug-likeness (QED) is 0.692. The molecular weight excluding hydrogens is 242 g/mol. The maximum absolute atomic E-state index is 5.76. The van der Waals surface area contributed by atoms with Gasteiger partial charge >= 0.3 is 0 Å². The highest BCUT2D eigenvalue weighted by atomic mass is 16.5. The lowest BCUT2D eigenvalue weighted by Crippen LogP contribution is -2.28. The molecule has 0 aliphatic carbocycles. The molecule has 0 spiro atoms. The second kappa shape index (κ2) is 8.19. The molecule has 1 rings (SSSR count). The van der Waals surface area contributed by atoms with Gasteiger partial charge in [0, 0.05) is 44.8 Å². The fourth-order valence-corrected chi connectivity index (χ4v) is 1.77. The van der Waals surface area contributed by atoms with Crippen molar-refractivity contribution >= 4 is 0 Å². The zero-order valence-corrected chi connectivity index (χ0v) is 12.4. The van der Waals surface area contributed by atoms with Gasteiger partial charge in [0.15, 0.2) is 5.82 Å². The van der Waals surface area contributed by atoms with E-state index >= 15 is 0 Å². The molecule has 1 atom stereocenters. The lowest BCUT2D eigenvalue weighted by atomic mass is 10.0. The van der Waals surface area contributed by atoms with Crippen LogP contribution in [0.3, 0.4) is 0 Å². The van der Waals surface area contributed by atoms with Crippen LogP contribution < -0.4 is 5.32 Å². The van der Waals surface area contributed by atoms with Crippen molar-refractivity contribution in [2.75, 3.05) is 26.9 Å². The summed E-state index contributed by atoms with van der Waals surface area (Å²) in [7, 11) is 1.69. The first-order chi connectivity index (χ1) is 9.16. The summed E-state index contributed by atoms with van der Waals surface area (Å²) < 4.78 is 10.7. The molecular formula is C14H25N3O2. The number of rotatable bonds is 9. The normalized spacial score (nSPS) is 14.3. The minimum Gasteiger partial charge on any atom is -0.383 e. The van der Waals surface area contributed by atoms with Gasteiger partial charge in [-0.25, -0.2) is 9.97 Å². The number of nitrogens with one attached hydrogen (secondary N) is 1. The number of ether oxygens (including phenoxy) is 2. The van der Waals surface area contributed by atoms with E-state index in [9.17, 15) is 0 Å². The van der Waals surface area contributed by atoms with Crippen LogP contribution in [0.15, 0.2) is 12.4 Å². The Balaban J connectivity index is 2.59. The number of aromatic nitrogens is 2. The third-order valence-corrected chi connectivity index (χ3v) is 3.13. The van der Waals surface area contributed by atoms with Gasteiger partial charge in [-0.05, 0) is 20.3 Å². The van der Waals surface area contributed by atoms with Crippen molar-refractivity contribution in [3.05, 3.63) is 23.8 Å². The predicted molar refractivity (Wildman–Crippen MR) is 74.9 cm³/mol. The second-order valence-corrected chi connectivity index (χ2v) is 4.60. The molecule has 5 heteroatoms. The third kappa shape index (κ3) is 4.86. The Morgan fingerprint density at radius 3 is 2.47 bits per heavy atom. The van der Waals surface area contributed by atoms with Crippen molar-refractivity contribution in [3.8, 4) is 0 Å². The van der Waals surface area contributed by atoms with Crippen molar-refractivity contribution in [3.63, 3.8) is 0 Å². The highest BCUT2D eigenvalue weighted by Gasteiger charge is 2.27. The summed E-state index contributed by atoms with van der Waals surface area (Å²) >= 11 is 0. The zero-order chi connectivity index (χ0) is 14.1. The first-order valence-electron chi connectivity index (χ1n) is 6.81. The lowest BCUT2D eigenvalue weighted by Gasteiger charge is -2.26. The molecule has 19 heavy (non-hydrogen) atoms. The average molecular weight is 267 g/mol. The van der Waals surface area contributed by atoms with Crippen molar-refractivity contribution in [1.82, 2.24) is 15.3 Å². The monoisotopic (exact) mass is 267 g/mol. The highest BCUT2D eigenvalue weighted by Crippen LogP contribution is 2.25. The number of hydrogen-bond acceptors (Lipinski definition) is 5. The van der Waals surface area contributed by atoms with Gasteiger partial charge in [-0.2, -0.15) is 0 Å². The summed E-state index contributed by atoms with van der Waals surface area (Å²) in [6.07, 6.45) is 4.57. The van der Waals surface area contributed by atoms with E-state index < -0.39 is 5.60 Å². The number of methoxy groups -OCH3 is 1. The van der Waals surface area contributed by atoms with E-state index in [4.69, 9.17) is 9.47 Å². The first kappa shape index (κ1) is 16.0. The molecule has 1 unspecified atom stereocenters. The van der Waals surface area contributed by atoms with E-state index in [1.54, 1.807) is 7.11 Å². The minimum atomic E-state index is -0.392. The van der Waals surface area contributed by atoms with Crippen LogP contribution in [0.2, 0.25) is 0 Å². The SMILES string of the molecule is CCOC(C)(CC)c1ncc(CNCCOC)cn1. The summed E-state index contributed by atoms with van der Waals surface area (Å²) in [6, 6.07) is 0. The summed E-state index contributed by atoms with van der Waals surface area (Å²) in [6.45, 7) is 9.04. The Morgan fingerprint density at radius 1 is 1.26 bits per heavy atom. The molecule has 0 aliphatic rings. The molecule has 0 fully saturated rings. The molecule has 0 aromatic carbocycles. The second-order valence-electron chi connectivity index (χ2n) is 4.60. The van der Waals surface area contributed by atoms with Crippen molar-refractivity contribution in [1.29, 1.82) is 0 Å². The maximum atomic E-state index is 5.76. The molecule has 1 aromatic rings. The highest BCUT2D eigenvalue weighted by molar-refractivity contribution is 5.08. The van der Waals surface area contributed by atoms with Gasteiger partial charge in [-0.15, -0.1) is 0 Å². The first-order valence-corrected chi connectivity index (χ1v) is 6.81. The summed E-state index contributed by atoms with van der Waals surface area (Å²) in [5, 5.41) is 3.26. The standard InChI is InChI=1S/C14H25N3O2/c1-5-14(3,19-6-2)13-16-10-12(11-17-13)9-15-7-8-18-4/h10-11,15H,5-9H2,1-4H3. The Morgan fingerprint density at radius 2 is 1.95 bits per heavy atom. The minimum absolute atomic E-state index is 0.392. The van der Waals surface area contributed by atoms with Crippen LogP contribution in [0, 0.1) is 0 Å². The summed E-state index contributed by atoms with van der Waals surface area (Å²) in [5.74, 6) is 0.748. The molecule has 0 bridgehead atoms. The molecule has 5 nitrogen and oxygen atoms in total.